The number of quaternary nitrogens is 1. The van der Waals surface area contributed by atoms with Gasteiger partial charge in [-0.15, -0.1) is 0 Å². The Kier molecular flexibility index (Phi) is 35.3. The SMILES string of the molecule is CC/C=C\C/C=C\C/C=C\C/C=C\CCCCC(=O)OC[C@H](COP(=O)(O)OCC[N+](C)(C)C)OC(=O)CCCC(O)C(O)C/C=C\C/C=C\C/C=C\CCCCC. The van der Waals surface area contributed by atoms with Crippen molar-refractivity contribution >= 4 is 19.8 Å². The summed E-state index contributed by atoms with van der Waals surface area (Å²) >= 11 is 0. The highest BCUT2D eigenvalue weighted by Crippen LogP contribution is 2.43. The first-order valence-electron chi connectivity index (χ1n) is 21.5. The Morgan fingerprint density at radius 1 is 0.621 bits per heavy atom. The number of allylic oxidation sites excluding steroid dienone is 13. The molecule has 12 heteroatoms. The first kappa shape index (κ1) is 55.1. The lowest BCUT2D eigenvalue weighted by Gasteiger charge is -2.24. The molecule has 0 amide bonds. The molecule has 0 aliphatic heterocycles. The Morgan fingerprint density at radius 3 is 1.69 bits per heavy atom. The minimum atomic E-state index is -4.47. The average Bonchev–Trinajstić information content (AvgIpc) is 3.17. The first-order chi connectivity index (χ1) is 27.8. The van der Waals surface area contributed by atoms with Gasteiger partial charge in [-0.25, -0.2) is 4.57 Å². The highest BCUT2D eigenvalue weighted by atomic mass is 31.2. The highest BCUT2D eigenvalue weighted by molar-refractivity contribution is 7.47. The molecular formula is C46H79NO10P+. The van der Waals surface area contributed by atoms with Gasteiger partial charge >= 0.3 is 19.8 Å². The van der Waals surface area contributed by atoms with Gasteiger partial charge in [-0.1, -0.05) is 112 Å². The maximum absolute atomic E-state index is 12.7. The van der Waals surface area contributed by atoms with Crippen molar-refractivity contribution in [3.05, 3.63) is 85.1 Å². The molecule has 0 radical (unpaired) electrons. The molecule has 0 saturated heterocycles. The minimum Gasteiger partial charge on any atom is -0.462 e. The van der Waals surface area contributed by atoms with Crippen LogP contribution in [0.4, 0.5) is 0 Å². The van der Waals surface area contributed by atoms with Crippen molar-refractivity contribution in [1.82, 2.24) is 0 Å². The first-order valence-corrected chi connectivity index (χ1v) is 23.0. The van der Waals surface area contributed by atoms with Crippen LogP contribution in [0.1, 0.15) is 129 Å². The fraction of sp³-hybridized carbons (Fsp3) is 0.652. The maximum atomic E-state index is 12.7. The number of aliphatic hydroxyl groups excluding tert-OH is 2. The van der Waals surface area contributed by atoms with Crippen LogP contribution in [0, 0.1) is 0 Å². The predicted molar refractivity (Wildman–Crippen MR) is 236 cm³/mol. The molecule has 0 aromatic rings. The summed E-state index contributed by atoms with van der Waals surface area (Å²) in [5.41, 5.74) is 0. The molecule has 4 atom stereocenters. The van der Waals surface area contributed by atoms with Crippen molar-refractivity contribution in [2.24, 2.45) is 0 Å². The molecule has 0 aromatic carbocycles. The van der Waals surface area contributed by atoms with Crippen LogP contribution in [0.15, 0.2) is 85.1 Å². The van der Waals surface area contributed by atoms with Crippen LogP contribution in [0.5, 0.6) is 0 Å². The van der Waals surface area contributed by atoms with E-state index >= 15 is 0 Å². The van der Waals surface area contributed by atoms with E-state index in [4.69, 9.17) is 18.5 Å². The number of carbonyl (C=O) groups is 2. The number of ether oxygens (including phenoxy) is 2. The number of aliphatic hydroxyl groups is 2. The number of phosphoric ester groups is 1. The zero-order valence-electron chi connectivity index (χ0n) is 36.5. The molecule has 332 valence electrons. The zero-order valence-corrected chi connectivity index (χ0v) is 37.4. The fourth-order valence-electron chi connectivity index (χ4n) is 5.11. The average molecular weight is 837 g/mol. The monoisotopic (exact) mass is 837 g/mol. The zero-order chi connectivity index (χ0) is 43.2. The van der Waals surface area contributed by atoms with Crippen LogP contribution in [0.25, 0.3) is 0 Å². The second kappa shape index (κ2) is 37.1. The van der Waals surface area contributed by atoms with Crippen molar-refractivity contribution in [2.75, 3.05) is 47.5 Å². The Morgan fingerprint density at radius 2 is 1.14 bits per heavy atom. The van der Waals surface area contributed by atoms with E-state index in [1.807, 2.05) is 33.3 Å². The van der Waals surface area contributed by atoms with Crippen LogP contribution in [0.3, 0.4) is 0 Å². The molecule has 3 N–H and O–H groups in total. The van der Waals surface area contributed by atoms with E-state index in [9.17, 15) is 29.3 Å². The van der Waals surface area contributed by atoms with Crippen molar-refractivity contribution in [3.8, 4) is 0 Å². The van der Waals surface area contributed by atoms with Crippen molar-refractivity contribution in [3.63, 3.8) is 0 Å². The number of hydrogen-bond donors (Lipinski definition) is 3. The van der Waals surface area contributed by atoms with Gasteiger partial charge in [-0.05, 0) is 89.9 Å². The number of carbonyl (C=O) groups excluding carboxylic acids is 2. The summed E-state index contributed by atoms with van der Waals surface area (Å²) in [6.07, 6.45) is 39.5. The molecule has 0 saturated carbocycles. The molecule has 11 nitrogen and oxygen atoms in total. The summed E-state index contributed by atoms with van der Waals surface area (Å²) < 4.78 is 34.0. The van der Waals surface area contributed by atoms with E-state index in [0.29, 0.717) is 17.4 Å². The van der Waals surface area contributed by atoms with Crippen molar-refractivity contribution < 1.29 is 52.3 Å². The largest absolute Gasteiger partial charge is 0.472 e. The summed E-state index contributed by atoms with van der Waals surface area (Å²) in [6, 6.07) is 0. The Labute approximate surface area is 351 Å². The molecule has 0 aliphatic carbocycles. The second-order valence-electron chi connectivity index (χ2n) is 15.3. The molecule has 58 heavy (non-hydrogen) atoms. The number of esters is 2. The number of hydrogen-bond acceptors (Lipinski definition) is 9. The fourth-order valence-corrected chi connectivity index (χ4v) is 5.85. The molecule has 0 aliphatic rings. The van der Waals surface area contributed by atoms with Crippen molar-refractivity contribution in [2.45, 2.75) is 148 Å². The number of unbranched alkanes of at least 4 members (excludes halogenated alkanes) is 5. The van der Waals surface area contributed by atoms with Gasteiger partial charge in [0.05, 0.1) is 40.0 Å². The van der Waals surface area contributed by atoms with E-state index < -0.39 is 44.7 Å². The van der Waals surface area contributed by atoms with E-state index in [1.54, 1.807) is 0 Å². The maximum Gasteiger partial charge on any atom is 0.472 e. The van der Waals surface area contributed by atoms with Crippen LogP contribution in [-0.2, 0) is 32.7 Å². The molecule has 0 spiro atoms. The number of likely N-dealkylation sites (N-methyl/N-ethyl adjacent to an activating group) is 1. The van der Waals surface area contributed by atoms with E-state index in [2.05, 4.69) is 86.8 Å². The van der Waals surface area contributed by atoms with Crippen LogP contribution in [-0.4, -0.2) is 97.3 Å². The third-order valence-corrected chi connectivity index (χ3v) is 9.59. The summed E-state index contributed by atoms with van der Waals surface area (Å²) in [7, 11) is 1.26. The Hall–Kier alpha value is -2.89. The number of phosphoric acid groups is 1. The van der Waals surface area contributed by atoms with Crippen LogP contribution < -0.4 is 0 Å². The molecule has 0 aromatic heterocycles. The van der Waals surface area contributed by atoms with Crippen molar-refractivity contribution in [1.29, 1.82) is 0 Å². The lowest BCUT2D eigenvalue weighted by molar-refractivity contribution is -0.870. The van der Waals surface area contributed by atoms with E-state index in [0.717, 1.165) is 57.8 Å². The summed E-state index contributed by atoms with van der Waals surface area (Å²) in [6.45, 7) is 3.86. The second-order valence-corrected chi connectivity index (χ2v) is 16.8. The standard InChI is InChI=1S/C46H78NO10P/c1-6-8-10-12-14-16-18-20-21-22-24-26-28-30-32-36-45(50)54-40-42(41-56-58(52,53)55-39-38-47(3,4)5)57-46(51)37-33-35-44(49)43(48)34-31-29-27-25-23-19-17-15-13-11-9-7-2/h8,10,14-17,20-21,23-26,29,31,42-44,48-49H,6-7,9,11-13,18-19,22,27-28,30,32-41H2,1-5H3/p+1/b10-8-,16-14-,17-15-,21-20-,25-23-,26-24-,31-29-/t42-,43?,44?/m1/s1. The molecule has 0 heterocycles. The summed E-state index contributed by atoms with van der Waals surface area (Å²) in [5.74, 6) is -1.14. The van der Waals surface area contributed by atoms with Gasteiger partial charge in [0.2, 0.25) is 0 Å². The lowest BCUT2D eigenvalue weighted by Crippen LogP contribution is -2.37. The molecule has 0 rings (SSSR count). The van der Waals surface area contributed by atoms with Gasteiger partial charge < -0.3 is 29.1 Å². The quantitative estimate of drug-likeness (QED) is 0.0182. The molecule has 3 unspecified atom stereocenters. The predicted octanol–water partition coefficient (Wildman–Crippen LogP) is 9.96. The summed E-state index contributed by atoms with van der Waals surface area (Å²) in [4.78, 5) is 35.4. The van der Waals surface area contributed by atoms with Gasteiger partial charge in [0, 0.05) is 12.8 Å². The third kappa shape index (κ3) is 38.6. The Balaban J connectivity index is 4.72. The highest BCUT2D eigenvalue weighted by Gasteiger charge is 2.27. The minimum absolute atomic E-state index is 0.0320. The normalized spacial score (nSPS) is 15.5. The van der Waals surface area contributed by atoms with Gasteiger partial charge in [-0.3, -0.25) is 18.6 Å². The summed E-state index contributed by atoms with van der Waals surface area (Å²) in [5, 5.41) is 20.8. The van der Waals surface area contributed by atoms with Gasteiger partial charge in [0.15, 0.2) is 6.10 Å². The van der Waals surface area contributed by atoms with E-state index in [1.165, 1.54) is 19.3 Å². The van der Waals surface area contributed by atoms with Crippen LogP contribution in [0.2, 0.25) is 0 Å². The van der Waals surface area contributed by atoms with Crippen LogP contribution >= 0.6 is 7.82 Å². The number of nitrogens with zero attached hydrogens (tertiary/aromatic N) is 1. The number of rotatable bonds is 37. The third-order valence-electron chi connectivity index (χ3n) is 8.61. The van der Waals surface area contributed by atoms with E-state index in [-0.39, 0.29) is 45.3 Å². The van der Waals surface area contributed by atoms with Gasteiger partial charge in [0.25, 0.3) is 0 Å². The van der Waals surface area contributed by atoms with Gasteiger partial charge in [-0.2, -0.15) is 0 Å². The smallest absolute Gasteiger partial charge is 0.462 e. The molecule has 0 fully saturated rings. The topological polar surface area (TPSA) is 149 Å². The Bertz CT molecular complexity index is 1300. The molecular weight excluding hydrogens is 757 g/mol. The molecule has 0 bridgehead atoms. The lowest BCUT2D eigenvalue weighted by atomic mass is 10.0. The van der Waals surface area contributed by atoms with Gasteiger partial charge in [0.1, 0.15) is 19.8 Å².